The molecule has 0 aliphatic heterocycles. The smallest absolute Gasteiger partial charge is 0.142 e. The molecule has 1 aliphatic carbocycles. The van der Waals surface area contributed by atoms with Crippen LogP contribution in [0.15, 0.2) is 12.2 Å². The molecule has 0 aromatic rings. The van der Waals surface area contributed by atoms with Gasteiger partial charge in [-0.1, -0.05) is 90.0 Å². The van der Waals surface area contributed by atoms with Crippen LogP contribution in [0.5, 0.6) is 0 Å². The Morgan fingerprint density at radius 1 is 0.857 bits per heavy atom. The predicted octanol–water partition coefficient (Wildman–Crippen LogP) is 6.47. The second-order valence-corrected chi connectivity index (χ2v) is 6.86. The molecule has 0 aromatic carbocycles. The summed E-state index contributed by atoms with van der Waals surface area (Å²) in [6, 6.07) is 0. The van der Waals surface area contributed by atoms with Gasteiger partial charge in [0.2, 0.25) is 0 Å². The number of allylic oxidation sites excluding steroid dienone is 2. The lowest BCUT2D eigenvalue weighted by Crippen LogP contribution is -2.08. The molecule has 1 saturated carbocycles. The summed E-state index contributed by atoms with van der Waals surface area (Å²) in [7, 11) is 0. The number of carbonyl (C=O) groups excluding carboxylic acids is 1. The normalized spacial score (nSPS) is 22.1. The van der Waals surface area contributed by atoms with Crippen molar-refractivity contribution in [1.29, 1.82) is 0 Å². The molecule has 1 aliphatic rings. The molecule has 21 heavy (non-hydrogen) atoms. The minimum absolute atomic E-state index is 0.882. The average molecular weight is 293 g/mol. The summed E-state index contributed by atoms with van der Waals surface area (Å²) in [6.45, 7) is 2.29. The third-order valence-corrected chi connectivity index (χ3v) is 5.16. The van der Waals surface area contributed by atoms with Gasteiger partial charge in [-0.2, -0.15) is 0 Å². The van der Waals surface area contributed by atoms with E-state index in [4.69, 9.17) is 0 Å². The molecule has 2 atom stereocenters. The second kappa shape index (κ2) is 13.1. The third-order valence-electron chi connectivity index (χ3n) is 5.16. The van der Waals surface area contributed by atoms with Crippen LogP contribution in [-0.4, -0.2) is 6.29 Å². The molecule has 0 N–H and O–H groups in total. The molecule has 1 fully saturated rings. The highest BCUT2D eigenvalue weighted by Crippen LogP contribution is 2.38. The molecule has 0 heterocycles. The molecular weight excluding hydrogens is 256 g/mol. The van der Waals surface area contributed by atoms with Crippen molar-refractivity contribution in [1.82, 2.24) is 0 Å². The zero-order valence-electron chi connectivity index (χ0n) is 14.2. The van der Waals surface area contributed by atoms with Crippen molar-refractivity contribution in [3.63, 3.8) is 0 Å². The lowest BCUT2D eigenvalue weighted by Gasteiger charge is -2.19. The Morgan fingerprint density at radius 2 is 1.48 bits per heavy atom. The van der Waals surface area contributed by atoms with Crippen molar-refractivity contribution in [3.8, 4) is 0 Å². The molecular formula is C20H36O. The molecule has 0 aromatic heterocycles. The molecule has 1 rings (SSSR count). The first-order valence-electron chi connectivity index (χ1n) is 9.48. The van der Waals surface area contributed by atoms with Gasteiger partial charge in [-0.25, -0.2) is 0 Å². The molecule has 0 radical (unpaired) electrons. The van der Waals surface area contributed by atoms with Crippen molar-refractivity contribution in [3.05, 3.63) is 12.2 Å². The standard InChI is InChI=1S/C20H36O/c1-2-3-4-5-7-10-14-19-16-13-17-20(19)15-11-8-6-9-12-18-21/h9,12,18-20H,2-8,10-11,13-17H2,1H3/t19-,20-/m0/s1. The highest BCUT2D eigenvalue weighted by molar-refractivity contribution is 5.64. The lowest BCUT2D eigenvalue weighted by atomic mass is 9.87. The van der Waals surface area contributed by atoms with E-state index in [1.807, 2.05) is 6.08 Å². The van der Waals surface area contributed by atoms with E-state index < -0.39 is 0 Å². The van der Waals surface area contributed by atoms with Crippen LogP contribution in [0.1, 0.15) is 96.8 Å². The van der Waals surface area contributed by atoms with Crippen molar-refractivity contribution in [2.45, 2.75) is 96.8 Å². The predicted molar refractivity (Wildman–Crippen MR) is 92.5 cm³/mol. The summed E-state index contributed by atoms with van der Waals surface area (Å²) in [5, 5.41) is 0. The van der Waals surface area contributed by atoms with Gasteiger partial charge < -0.3 is 0 Å². The van der Waals surface area contributed by atoms with Crippen LogP contribution in [-0.2, 0) is 4.79 Å². The number of hydrogen-bond donors (Lipinski definition) is 0. The van der Waals surface area contributed by atoms with Gasteiger partial charge in [0, 0.05) is 0 Å². The first kappa shape index (κ1) is 18.5. The summed E-state index contributed by atoms with van der Waals surface area (Å²) in [6.07, 6.45) is 24.2. The summed E-state index contributed by atoms with van der Waals surface area (Å²) in [5.74, 6) is 2.04. The first-order chi connectivity index (χ1) is 10.4. The van der Waals surface area contributed by atoms with E-state index in [1.54, 1.807) is 6.08 Å². The molecule has 0 unspecified atom stereocenters. The van der Waals surface area contributed by atoms with Crippen molar-refractivity contribution < 1.29 is 4.79 Å². The van der Waals surface area contributed by atoms with Crippen LogP contribution in [0.25, 0.3) is 0 Å². The summed E-state index contributed by atoms with van der Waals surface area (Å²) in [4.78, 5) is 10.2. The Balaban J connectivity index is 2.02. The number of aldehydes is 1. The van der Waals surface area contributed by atoms with Gasteiger partial charge in [0.25, 0.3) is 0 Å². The Morgan fingerprint density at radius 3 is 2.14 bits per heavy atom. The molecule has 0 spiro atoms. The molecule has 1 heteroatoms. The molecule has 0 amide bonds. The van der Waals surface area contributed by atoms with Crippen LogP contribution in [0, 0.1) is 11.8 Å². The third kappa shape index (κ3) is 9.11. The van der Waals surface area contributed by atoms with Crippen LogP contribution in [0.3, 0.4) is 0 Å². The molecule has 122 valence electrons. The zero-order chi connectivity index (χ0) is 15.2. The summed E-state index contributed by atoms with van der Waals surface area (Å²) >= 11 is 0. The largest absolute Gasteiger partial charge is 0.299 e. The van der Waals surface area contributed by atoms with E-state index in [2.05, 4.69) is 6.92 Å². The van der Waals surface area contributed by atoms with Crippen LogP contribution in [0.4, 0.5) is 0 Å². The fraction of sp³-hybridized carbons (Fsp3) is 0.850. The zero-order valence-corrected chi connectivity index (χ0v) is 14.2. The molecule has 0 bridgehead atoms. The fourth-order valence-electron chi connectivity index (χ4n) is 3.88. The Bertz CT molecular complexity index is 269. The molecule has 1 nitrogen and oxygen atoms in total. The average Bonchev–Trinajstić information content (AvgIpc) is 2.94. The summed E-state index contributed by atoms with van der Waals surface area (Å²) < 4.78 is 0. The second-order valence-electron chi connectivity index (χ2n) is 6.86. The van der Waals surface area contributed by atoms with Gasteiger partial charge >= 0.3 is 0 Å². The Hall–Kier alpha value is -0.590. The minimum Gasteiger partial charge on any atom is -0.299 e. The maximum absolute atomic E-state index is 10.2. The minimum atomic E-state index is 0.882. The summed E-state index contributed by atoms with van der Waals surface area (Å²) in [5.41, 5.74) is 0. The van der Waals surface area contributed by atoms with Gasteiger partial charge in [0.1, 0.15) is 6.29 Å². The fourth-order valence-corrected chi connectivity index (χ4v) is 3.88. The number of rotatable bonds is 13. The Kier molecular flexibility index (Phi) is 11.5. The first-order valence-corrected chi connectivity index (χ1v) is 9.48. The lowest BCUT2D eigenvalue weighted by molar-refractivity contribution is -0.104. The number of carbonyl (C=O) groups is 1. The van der Waals surface area contributed by atoms with E-state index in [-0.39, 0.29) is 0 Å². The van der Waals surface area contributed by atoms with Crippen molar-refractivity contribution >= 4 is 6.29 Å². The van der Waals surface area contributed by atoms with E-state index in [0.717, 1.165) is 24.5 Å². The van der Waals surface area contributed by atoms with Crippen LogP contribution in [0.2, 0.25) is 0 Å². The van der Waals surface area contributed by atoms with Gasteiger partial charge in [0.15, 0.2) is 0 Å². The van der Waals surface area contributed by atoms with Gasteiger partial charge in [-0.3, -0.25) is 4.79 Å². The number of unbranched alkanes of at least 4 members (excludes halogenated alkanes) is 7. The van der Waals surface area contributed by atoms with Crippen molar-refractivity contribution in [2.75, 3.05) is 0 Å². The monoisotopic (exact) mass is 292 g/mol. The van der Waals surface area contributed by atoms with Crippen LogP contribution >= 0.6 is 0 Å². The van der Waals surface area contributed by atoms with E-state index in [0.29, 0.717) is 0 Å². The quantitative estimate of drug-likeness (QED) is 0.216. The number of hydrogen-bond acceptors (Lipinski definition) is 1. The molecule has 0 saturated heterocycles. The van der Waals surface area contributed by atoms with Gasteiger partial charge in [-0.05, 0) is 30.8 Å². The SMILES string of the molecule is CCCCCCCC[C@H]1CCC[C@@H]1CCCCC=CC=O. The maximum atomic E-state index is 10.2. The van der Waals surface area contributed by atoms with Gasteiger partial charge in [0.05, 0.1) is 0 Å². The highest BCUT2D eigenvalue weighted by Gasteiger charge is 2.25. The maximum Gasteiger partial charge on any atom is 0.142 e. The topological polar surface area (TPSA) is 17.1 Å². The van der Waals surface area contributed by atoms with Gasteiger partial charge in [-0.15, -0.1) is 0 Å². The van der Waals surface area contributed by atoms with Crippen LogP contribution < -0.4 is 0 Å². The highest BCUT2D eigenvalue weighted by atomic mass is 16.1. The van der Waals surface area contributed by atoms with E-state index >= 15 is 0 Å². The van der Waals surface area contributed by atoms with Crippen molar-refractivity contribution in [2.24, 2.45) is 11.8 Å². The van der Waals surface area contributed by atoms with E-state index in [9.17, 15) is 4.79 Å². The Labute approximate surface area is 132 Å². The van der Waals surface area contributed by atoms with E-state index in [1.165, 1.54) is 83.5 Å².